The summed E-state index contributed by atoms with van der Waals surface area (Å²) in [6, 6.07) is 3.81. The first-order valence-corrected chi connectivity index (χ1v) is 21.1. The quantitative estimate of drug-likeness (QED) is 0.251. The normalized spacial score (nSPS) is 44.3. The minimum absolute atomic E-state index is 0.0815. The summed E-state index contributed by atoms with van der Waals surface area (Å²) in [6.45, 7) is 15.3. The maximum absolute atomic E-state index is 13.8. The Kier molecular flexibility index (Phi) is 9.94. The fourth-order valence-corrected chi connectivity index (χ4v) is 14.2. The van der Waals surface area contributed by atoms with Crippen LogP contribution in [0.4, 0.5) is 8.78 Å². The summed E-state index contributed by atoms with van der Waals surface area (Å²) in [5.74, 6) is 3.50. The van der Waals surface area contributed by atoms with Crippen molar-refractivity contribution in [3.8, 4) is 0 Å². The third-order valence-electron chi connectivity index (χ3n) is 16.6. The SMILES string of the molecule is CC1CC(CN(C)Cc2cc(F)cc(F)c2)OC2CC3C4CCC5C(C)(C)[C@@H](OC6CN(C=O)CCO6)CCC56C[C@@]46CC[C@]3(C)C12.CCC1CC1. The van der Waals surface area contributed by atoms with E-state index < -0.39 is 11.6 Å². The van der Waals surface area contributed by atoms with Gasteiger partial charge in [0.25, 0.3) is 0 Å². The number of amides is 1. The largest absolute Gasteiger partial charge is 0.373 e. The Morgan fingerprint density at radius 3 is 2.44 bits per heavy atom. The Labute approximate surface area is 312 Å². The molecular weight excluding hydrogens is 658 g/mol. The van der Waals surface area contributed by atoms with E-state index in [2.05, 4.69) is 39.5 Å². The van der Waals surface area contributed by atoms with Crippen molar-refractivity contribution in [2.45, 2.75) is 143 Å². The van der Waals surface area contributed by atoms with E-state index in [9.17, 15) is 13.6 Å². The molecule has 8 aliphatic rings. The average Bonchev–Trinajstić information content (AvgIpc) is 4.00. The number of likely N-dealkylation sites (N-methyl/N-ethyl adjacent to an activating group) is 1. The number of rotatable bonds is 8. The third kappa shape index (κ3) is 6.39. The first kappa shape index (κ1) is 37.3. The number of morpholine rings is 1. The number of nitrogens with zero attached hydrogens (tertiary/aromatic N) is 2. The lowest BCUT2D eigenvalue weighted by atomic mass is 9.46. The van der Waals surface area contributed by atoms with Crippen molar-refractivity contribution in [2.75, 3.05) is 33.3 Å². The first-order valence-electron chi connectivity index (χ1n) is 21.1. The molecule has 2 heterocycles. The van der Waals surface area contributed by atoms with Crippen LogP contribution in [0.25, 0.3) is 0 Å². The van der Waals surface area contributed by atoms with Crippen molar-refractivity contribution in [1.82, 2.24) is 9.80 Å². The van der Waals surface area contributed by atoms with Crippen LogP contribution in [-0.4, -0.2) is 74.1 Å². The lowest BCUT2D eigenvalue weighted by Crippen LogP contribution is -2.56. The number of hydrogen-bond acceptors (Lipinski definition) is 5. The van der Waals surface area contributed by atoms with Gasteiger partial charge in [-0.1, -0.05) is 53.9 Å². The molecule has 6 aliphatic carbocycles. The summed E-state index contributed by atoms with van der Waals surface area (Å²) in [6.07, 6.45) is 17.0. The molecular formula is C44H66F2N2O4. The minimum atomic E-state index is -0.518. The molecule has 290 valence electrons. The van der Waals surface area contributed by atoms with Crippen LogP contribution in [-0.2, 0) is 25.5 Å². The molecule has 8 fully saturated rings. The van der Waals surface area contributed by atoms with Crippen molar-refractivity contribution < 1.29 is 27.8 Å². The van der Waals surface area contributed by atoms with Gasteiger partial charge in [-0.25, -0.2) is 8.78 Å². The van der Waals surface area contributed by atoms with E-state index in [1.165, 1.54) is 76.3 Å². The van der Waals surface area contributed by atoms with E-state index >= 15 is 0 Å². The smallest absolute Gasteiger partial charge is 0.209 e. The van der Waals surface area contributed by atoms with Crippen LogP contribution in [0.5, 0.6) is 0 Å². The average molecular weight is 725 g/mol. The lowest BCUT2D eigenvalue weighted by molar-refractivity contribution is -0.243. The van der Waals surface area contributed by atoms with Gasteiger partial charge in [0.05, 0.1) is 31.5 Å². The third-order valence-corrected chi connectivity index (χ3v) is 16.6. The predicted octanol–water partition coefficient (Wildman–Crippen LogP) is 8.86. The van der Waals surface area contributed by atoms with Crippen molar-refractivity contribution >= 4 is 6.41 Å². The monoisotopic (exact) mass is 724 g/mol. The van der Waals surface area contributed by atoms with Crippen LogP contribution in [0.3, 0.4) is 0 Å². The molecule has 0 N–H and O–H groups in total. The standard InChI is InChI=1S/C39H56F2N2O4.C5H10/c1-24-14-28(20-42(5)19-25-15-26(40)17-27(41)16-25)46-31-18-30-29-6-7-32-36(2,3)33(47-34-21-43(23-44)12-13-45-34)8-9-39(32)22-38(29,39)11-10-37(30,4)35(24)31;1-2-5-3-4-5/h15-17,23-24,28-35H,6-14,18-22H2,1-5H3;5H,2-4H2,1H3/t24?,28?,29?,30?,31?,32?,33-,34?,35?,37-,38-,39?;/m0./s1. The maximum Gasteiger partial charge on any atom is 0.209 e. The highest BCUT2D eigenvalue weighted by molar-refractivity contribution is 5.47. The van der Waals surface area contributed by atoms with Gasteiger partial charge in [0, 0.05) is 25.7 Å². The number of benzene rings is 1. The van der Waals surface area contributed by atoms with Crippen molar-refractivity contribution in [1.29, 1.82) is 0 Å². The fourth-order valence-electron chi connectivity index (χ4n) is 14.2. The Balaban J connectivity index is 0.000000715. The molecule has 1 amide bonds. The van der Waals surface area contributed by atoms with E-state index in [1.807, 2.05) is 7.05 Å². The Bertz CT molecular complexity index is 1450. The molecule has 1 aromatic rings. The molecule has 2 saturated heterocycles. The second-order valence-electron chi connectivity index (χ2n) is 19.8. The van der Waals surface area contributed by atoms with Crippen LogP contribution in [0.15, 0.2) is 18.2 Å². The Hall–Kier alpha value is -1.61. The summed E-state index contributed by atoms with van der Waals surface area (Å²) < 4.78 is 47.3. The molecule has 0 bridgehead atoms. The lowest BCUT2D eigenvalue weighted by Gasteiger charge is -2.60. The van der Waals surface area contributed by atoms with Gasteiger partial charge in [0.15, 0.2) is 6.29 Å². The number of hydrogen-bond donors (Lipinski definition) is 0. The first-order chi connectivity index (χ1) is 24.8. The van der Waals surface area contributed by atoms with Gasteiger partial charge >= 0.3 is 0 Å². The van der Waals surface area contributed by atoms with E-state index in [0.717, 1.165) is 49.6 Å². The second-order valence-corrected chi connectivity index (χ2v) is 19.8. The molecule has 9 rings (SSSR count). The number of carbonyl (C=O) groups excluding carboxylic acids is 1. The number of ether oxygens (including phenoxy) is 3. The van der Waals surface area contributed by atoms with E-state index in [0.29, 0.717) is 71.9 Å². The topological polar surface area (TPSA) is 51.2 Å². The molecule has 52 heavy (non-hydrogen) atoms. The van der Waals surface area contributed by atoms with Crippen LogP contribution >= 0.6 is 0 Å². The van der Waals surface area contributed by atoms with Gasteiger partial charge in [-0.3, -0.25) is 9.69 Å². The van der Waals surface area contributed by atoms with Gasteiger partial charge in [-0.05, 0) is 140 Å². The summed E-state index contributed by atoms with van der Waals surface area (Å²) in [7, 11) is 2.04. The second kappa shape index (κ2) is 13.8. The summed E-state index contributed by atoms with van der Waals surface area (Å²) >= 11 is 0. The molecule has 9 unspecified atom stereocenters. The molecule has 6 nitrogen and oxygen atoms in total. The highest BCUT2D eigenvalue weighted by Crippen LogP contribution is 2.87. The highest BCUT2D eigenvalue weighted by atomic mass is 19.1. The Morgan fingerprint density at radius 2 is 1.75 bits per heavy atom. The van der Waals surface area contributed by atoms with Crippen molar-refractivity contribution in [2.24, 2.45) is 57.2 Å². The predicted molar refractivity (Wildman–Crippen MR) is 198 cm³/mol. The van der Waals surface area contributed by atoms with Gasteiger partial charge in [0.2, 0.25) is 6.41 Å². The molecule has 0 radical (unpaired) electrons. The van der Waals surface area contributed by atoms with Crippen LogP contribution < -0.4 is 0 Å². The Morgan fingerprint density at radius 1 is 0.981 bits per heavy atom. The zero-order chi connectivity index (χ0) is 36.6. The molecule has 1 aromatic carbocycles. The molecule has 8 heteroatoms. The summed E-state index contributed by atoms with van der Waals surface area (Å²) in [5.41, 5.74) is 2.02. The fraction of sp³-hybridized carbons (Fsp3) is 0.841. The number of halogens is 2. The van der Waals surface area contributed by atoms with Crippen LogP contribution in [0.2, 0.25) is 0 Å². The summed E-state index contributed by atoms with van der Waals surface area (Å²) in [4.78, 5) is 15.4. The zero-order valence-corrected chi connectivity index (χ0v) is 32.9. The van der Waals surface area contributed by atoms with Gasteiger partial charge < -0.3 is 19.1 Å². The van der Waals surface area contributed by atoms with Gasteiger partial charge in [-0.15, -0.1) is 0 Å². The maximum atomic E-state index is 13.8. The van der Waals surface area contributed by atoms with Gasteiger partial charge in [-0.2, -0.15) is 0 Å². The minimum Gasteiger partial charge on any atom is -0.373 e. The molecule has 6 saturated carbocycles. The van der Waals surface area contributed by atoms with Crippen LogP contribution in [0.1, 0.15) is 117 Å². The van der Waals surface area contributed by atoms with E-state index in [1.54, 1.807) is 4.90 Å². The van der Waals surface area contributed by atoms with Gasteiger partial charge in [0.1, 0.15) is 11.6 Å². The van der Waals surface area contributed by atoms with Crippen LogP contribution in [0, 0.1) is 68.8 Å². The van der Waals surface area contributed by atoms with E-state index in [4.69, 9.17) is 14.2 Å². The number of carbonyl (C=O) groups is 1. The van der Waals surface area contributed by atoms with Crippen molar-refractivity contribution in [3.63, 3.8) is 0 Å². The number of fused-ring (bicyclic) bond motifs is 4. The molecule has 2 spiro atoms. The molecule has 2 aliphatic heterocycles. The highest BCUT2D eigenvalue weighted by Gasteiger charge is 2.81. The summed E-state index contributed by atoms with van der Waals surface area (Å²) in [5, 5.41) is 0. The zero-order valence-electron chi connectivity index (χ0n) is 32.9. The van der Waals surface area contributed by atoms with E-state index in [-0.39, 0.29) is 23.9 Å². The van der Waals surface area contributed by atoms with Crippen molar-refractivity contribution in [3.05, 3.63) is 35.4 Å². The molecule has 12 atom stereocenters. The molecule has 0 aromatic heterocycles.